The minimum Gasteiger partial charge on any atom is -0.445 e. The summed E-state index contributed by atoms with van der Waals surface area (Å²) in [5.41, 5.74) is 1.34. The molecule has 8 heteroatoms. The van der Waals surface area contributed by atoms with Crippen LogP contribution in [-0.2, 0) is 29.0 Å². The number of halogens is 2. The van der Waals surface area contributed by atoms with Crippen molar-refractivity contribution in [2.75, 3.05) is 6.54 Å². The number of benzene rings is 3. The maximum atomic E-state index is 13.9. The predicted octanol–water partition coefficient (Wildman–Crippen LogP) is 5.03. The predicted molar refractivity (Wildman–Crippen MR) is 133 cm³/mol. The molecular weight excluding hydrogens is 464 g/mol. The third kappa shape index (κ3) is 5.89. The molecule has 0 saturated heterocycles. The first-order chi connectivity index (χ1) is 17.4. The largest absolute Gasteiger partial charge is 0.445 e. The first kappa shape index (κ1) is 24.9. The summed E-state index contributed by atoms with van der Waals surface area (Å²) in [6, 6.07) is 21.0. The molecule has 0 aliphatic rings. The average Bonchev–Trinajstić information content (AvgIpc) is 3.28. The lowest BCUT2D eigenvalue weighted by Gasteiger charge is -2.29. The smallest absolute Gasteiger partial charge is 0.408 e. The summed E-state index contributed by atoms with van der Waals surface area (Å²) in [6.07, 6.45) is 1.69. The molecule has 0 radical (unpaired) electrons. The van der Waals surface area contributed by atoms with Gasteiger partial charge in [0.1, 0.15) is 12.1 Å². The van der Waals surface area contributed by atoms with E-state index in [1.165, 1.54) is 12.1 Å². The number of hydrogen-bond donors (Lipinski definition) is 3. The van der Waals surface area contributed by atoms with Crippen LogP contribution >= 0.6 is 0 Å². The summed E-state index contributed by atoms with van der Waals surface area (Å²) >= 11 is 0. The van der Waals surface area contributed by atoms with Crippen LogP contribution in [0.2, 0.25) is 0 Å². The second-order valence-electron chi connectivity index (χ2n) is 8.77. The molecule has 2 amide bonds. The van der Waals surface area contributed by atoms with Crippen LogP contribution < -0.4 is 10.6 Å². The number of ether oxygens (including phenoxy) is 1. The van der Waals surface area contributed by atoms with Crippen molar-refractivity contribution in [3.63, 3.8) is 0 Å². The Morgan fingerprint density at radius 2 is 1.69 bits per heavy atom. The van der Waals surface area contributed by atoms with Gasteiger partial charge in [0.25, 0.3) is 0 Å². The fraction of sp³-hybridized carbons (Fsp3) is 0.214. The number of nitrogens with one attached hydrogen (secondary N) is 3. The van der Waals surface area contributed by atoms with Crippen molar-refractivity contribution in [1.29, 1.82) is 0 Å². The van der Waals surface area contributed by atoms with E-state index >= 15 is 0 Å². The van der Waals surface area contributed by atoms with Crippen LogP contribution in [0.25, 0.3) is 10.9 Å². The highest BCUT2D eigenvalue weighted by atomic mass is 19.2. The zero-order valence-electron chi connectivity index (χ0n) is 19.8. The Kier molecular flexibility index (Phi) is 7.63. The lowest BCUT2D eigenvalue weighted by Crippen LogP contribution is -2.58. The minimum atomic E-state index is -1.38. The number of H-pyrrole nitrogens is 1. The van der Waals surface area contributed by atoms with Gasteiger partial charge in [0.05, 0.1) is 0 Å². The number of aromatic amines is 1. The molecule has 0 bridgehead atoms. The number of carbonyl (C=O) groups excluding carboxylic acids is 2. The summed E-state index contributed by atoms with van der Waals surface area (Å²) in [5.74, 6) is -2.50. The molecule has 0 unspecified atom stereocenters. The zero-order chi connectivity index (χ0) is 25.5. The van der Waals surface area contributed by atoms with Gasteiger partial charge in [-0.1, -0.05) is 60.7 Å². The molecule has 3 aromatic carbocycles. The molecule has 1 atom stereocenters. The Hall–Kier alpha value is -4.20. The van der Waals surface area contributed by atoms with Crippen LogP contribution in [0.1, 0.15) is 23.6 Å². The number of amides is 2. The Morgan fingerprint density at radius 1 is 0.944 bits per heavy atom. The van der Waals surface area contributed by atoms with Gasteiger partial charge in [-0.3, -0.25) is 4.79 Å². The fourth-order valence-electron chi connectivity index (χ4n) is 4.06. The van der Waals surface area contributed by atoms with Gasteiger partial charge in [0, 0.05) is 35.6 Å². The average molecular weight is 492 g/mol. The molecule has 0 spiro atoms. The molecule has 186 valence electrons. The van der Waals surface area contributed by atoms with Crippen molar-refractivity contribution in [3.8, 4) is 0 Å². The van der Waals surface area contributed by atoms with E-state index in [4.69, 9.17) is 4.74 Å². The Bertz CT molecular complexity index is 1360. The van der Waals surface area contributed by atoms with Crippen molar-refractivity contribution in [2.24, 2.45) is 0 Å². The lowest BCUT2D eigenvalue weighted by atomic mass is 9.91. The van der Waals surface area contributed by atoms with Crippen molar-refractivity contribution < 1.29 is 23.1 Å². The number of para-hydroxylation sites is 1. The molecule has 0 fully saturated rings. The highest BCUT2D eigenvalue weighted by Crippen LogP contribution is 2.23. The van der Waals surface area contributed by atoms with Crippen LogP contribution in [-0.4, -0.2) is 29.1 Å². The van der Waals surface area contributed by atoms with E-state index in [2.05, 4.69) is 15.6 Å². The van der Waals surface area contributed by atoms with Crippen LogP contribution in [0.15, 0.2) is 79.0 Å². The van der Waals surface area contributed by atoms with E-state index in [0.29, 0.717) is 13.0 Å². The van der Waals surface area contributed by atoms with Crippen molar-refractivity contribution in [1.82, 2.24) is 15.6 Å². The third-order valence-electron chi connectivity index (χ3n) is 6.03. The Labute approximate surface area is 207 Å². The van der Waals surface area contributed by atoms with Crippen molar-refractivity contribution in [2.45, 2.75) is 31.9 Å². The van der Waals surface area contributed by atoms with Crippen molar-refractivity contribution in [3.05, 3.63) is 107 Å². The molecule has 4 aromatic rings. The highest BCUT2D eigenvalue weighted by Gasteiger charge is 2.36. The molecule has 36 heavy (non-hydrogen) atoms. The Morgan fingerprint density at radius 3 is 2.50 bits per heavy atom. The summed E-state index contributed by atoms with van der Waals surface area (Å²) in [4.78, 5) is 29.2. The molecule has 1 heterocycles. The molecule has 0 aliphatic heterocycles. The summed E-state index contributed by atoms with van der Waals surface area (Å²) < 4.78 is 32.6. The maximum Gasteiger partial charge on any atom is 0.408 e. The van der Waals surface area contributed by atoms with Crippen LogP contribution in [0.3, 0.4) is 0 Å². The van der Waals surface area contributed by atoms with Gasteiger partial charge in [0.2, 0.25) is 5.91 Å². The molecule has 6 nitrogen and oxygen atoms in total. The second kappa shape index (κ2) is 11.0. The standard InChI is InChI=1S/C28H27F2N3O3/c1-28(16-21-17-32-24-13-6-5-11-22(21)24,26(34)31-15-14-19-8-3-2-4-9-19)33-27(35)36-18-20-10-7-12-23(29)25(20)30/h2-13,17,32H,14-16,18H2,1H3,(H,31,34)(H,33,35)/t28-/m1/s1. The van der Waals surface area contributed by atoms with Gasteiger partial charge in [-0.2, -0.15) is 0 Å². The van der Waals surface area contributed by atoms with Crippen LogP contribution in [0.5, 0.6) is 0 Å². The first-order valence-corrected chi connectivity index (χ1v) is 11.6. The lowest BCUT2D eigenvalue weighted by molar-refractivity contribution is -0.126. The maximum absolute atomic E-state index is 13.9. The van der Waals surface area contributed by atoms with E-state index in [1.807, 2.05) is 54.6 Å². The number of alkyl carbamates (subject to hydrolysis) is 1. The van der Waals surface area contributed by atoms with E-state index in [1.54, 1.807) is 13.1 Å². The number of rotatable bonds is 9. The van der Waals surface area contributed by atoms with Gasteiger partial charge in [-0.25, -0.2) is 13.6 Å². The van der Waals surface area contributed by atoms with Crippen LogP contribution in [0, 0.1) is 11.6 Å². The summed E-state index contributed by atoms with van der Waals surface area (Å²) in [5, 5.41) is 6.47. The minimum absolute atomic E-state index is 0.101. The van der Waals surface area contributed by atoms with E-state index in [-0.39, 0.29) is 12.0 Å². The van der Waals surface area contributed by atoms with E-state index < -0.39 is 35.8 Å². The fourth-order valence-corrected chi connectivity index (χ4v) is 4.06. The number of aromatic nitrogens is 1. The van der Waals surface area contributed by atoms with Gasteiger partial charge in [-0.05, 0) is 36.6 Å². The SMILES string of the molecule is C[C@](Cc1c[nH]c2ccccc12)(NC(=O)OCc1cccc(F)c1F)C(=O)NCCc1ccccc1. The first-order valence-electron chi connectivity index (χ1n) is 11.6. The quantitative estimate of drug-likeness (QED) is 0.307. The van der Waals surface area contributed by atoms with Gasteiger partial charge < -0.3 is 20.4 Å². The van der Waals surface area contributed by atoms with Gasteiger partial charge in [0.15, 0.2) is 11.6 Å². The third-order valence-corrected chi connectivity index (χ3v) is 6.03. The highest BCUT2D eigenvalue weighted by molar-refractivity contribution is 5.91. The monoisotopic (exact) mass is 491 g/mol. The molecule has 4 rings (SSSR count). The number of carbonyl (C=O) groups is 2. The normalized spacial score (nSPS) is 12.6. The second-order valence-corrected chi connectivity index (χ2v) is 8.77. The molecule has 1 aromatic heterocycles. The molecule has 3 N–H and O–H groups in total. The number of hydrogen-bond acceptors (Lipinski definition) is 3. The van der Waals surface area contributed by atoms with Gasteiger partial charge in [-0.15, -0.1) is 0 Å². The van der Waals surface area contributed by atoms with Crippen LogP contribution in [0.4, 0.5) is 13.6 Å². The number of fused-ring (bicyclic) bond motifs is 1. The van der Waals surface area contributed by atoms with Gasteiger partial charge >= 0.3 is 6.09 Å². The topological polar surface area (TPSA) is 83.2 Å². The molecule has 0 aliphatic carbocycles. The van der Waals surface area contributed by atoms with Crippen molar-refractivity contribution >= 4 is 22.9 Å². The summed E-state index contributed by atoms with van der Waals surface area (Å²) in [6.45, 7) is 1.50. The Balaban J connectivity index is 1.48. The molecule has 0 saturated carbocycles. The van der Waals surface area contributed by atoms with E-state index in [9.17, 15) is 18.4 Å². The zero-order valence-corrected chi connectivity index (χ0v) is 19.8. The molecular formula is C28H27F2N3O3. The summed E-state index contributed by atoms with van der Waals surface area (Å²) in [7, 11) is 0. The van der Waals surface area contributed by atoms with E-state index in [0.717, 1.165) is 28.1 Å².